The molecule has 8 nitrogen and oxygen atoms in total. The molecule has 1 aromatic carbocycles. The summed E-state index contributed by atoms with van der Waals surface area (Å²) in [5, 5.41) is 12.2. The standard InChI is InChI=1S/C17H18N2O6/c20-14-8-11(16(22)23)17(18-14)3-5-19(6-4-17)15(21)10-1-2-12-13(7-10)25-9-24-12/h1-2,7,11H,3-6,8-9H2,(H,18,20)(H,22,23)/t11-/m0/s1. The number of aliphatic carboxylic acids is 1. The Morgan fingerprint density at radius 2 is 1.92 bits per heavy atom. The lowest BCUT2D eigenvalue weighted by Crippen LogP contribution is -2.56. The molecule has 0 unspecified atom stereocenters. The summed E-state index contributed by atoms with van der Waals surface area (Å²) < 4.78 is 10.5. The van der Waals surface area contributed by atoms with Crippen LogP contribution in [0.15, 0.2) is 18.2 Å². The van der Waals surface area contributed by atoms with Crippen molar-refractivity contribution in [3.8, 4) is 11.5 Å². The minimum Gasteiger partial charge on any atom is -0.481 e. The van der Waals surface area contributed by atoms with Crippen LogP contribution in [-0.4, -0.2) is 53.2 Å². The van der Waals surface area contributed by atoms with Gasteiger partial charge in [0.25, 0.3) is 5.91 Å². The maximum absolute atomic E-state index is 12.7. The van der Waals surface area contributed by atoms with Crippen molar-refractivity contribution in [2.75, 3.05) is 19.9 Å². The molecule has 3 heterocycles. The van der Waals surface area contributed by atoms with Crippen LogP contribution in [0.25, 0.3) is 0 Å². The fourth-order valence-electron chi connectivity index (χ4n) is 3.91. The monoisotopic (exact) mass is 346 g/mol. The smallest absolute Gasteiger partial charge is 0.309 e. The Labute approximate surface area is 143 Å². The zero-order chi connectivity index (χ0) is 17.6. The molecule has 1 aromatic rings. The van der Waals surface area contributed by atoms with Crippen molar-refractivity contribution < 1.29 is 29.0 Å². The molecule has 2 N–H and O–H groups in total. The summed E-state index contributed by atoms with van der Waals surface area (Å²) >= 11 is 0. The van der Waals surface area contributed by atoms with E-state index in [-0.39, 0.29) is 25.0 Å². The lowest BCUT2D eigenvalue weighted by Gasteiger charge is -2.41. The highest BCUT2D eigenvalue weighted by molar-refractivity contribution is 5.95. The van der Waals surface area contributed by atoms with Crippen LogP contribution >= 0.6 is 0 Å². The molecule has 0 aliphatic carbocycles. The molecule has 25 heavy (non-hydrogen) atoms. The Bertz CT molecular complexity index is 754. The first-order chi connectivity index (χ1) is 12.0. The van der Waals surface area contributed by atoms with Gasteiger partial charge in [-0.3, -0.25) is 14.4 Å². The maximum Gasteiger partial charge on any atom is 0.309 e. The minimum absolute atomic E-state index is 0.00540. The second kappa shape index (κ2) is 5.65. The summed E-state index contributed by atoms with van der Waals surface area (Å²) in [5.41, 5.74) is -0.236. The fraction of sp³-hybridized carbons (Fsp3) is 0.471. The third-order valence-corrected chi connectivity index (χ3v) is 5.31. The number of ether oxygens (including phenoxy) is 2. The largest absolute Gasteiger partial charge is 0.481 e. The number of carboxylic acid groups (broad SMARTS) is 1. The summed E-state index contributed by atoms with van der Waals surface area (Å²) in [5.74, 6) is -0.899. The van der Waals surface area contributed by atoms with Gasteiger partial charge in [-0.25, -0.2) is 0 Å². The lowest BCUT2D eigenvalue weighted by atomic mass is 9.77. The van der Waals surface area contributed by atoms with E-state index in [4.69, 9.17) is 9.47 Å². The molecule has 4 rings (SSSR count). The van der Waals surface area contributed by atoms with Crippen LogP contribution in [0.4, 0.5) is 0 Å². The molecule has 0 radical (unpaired) electrons. The first-order valence-electron chi connectivity index (χ1n) is 8.21. The SMILES string of the molecule is O=C1C[C@@H](C(=O)O)C2(CCN(C(=O)c3ccc4c(c3)OCO4)CC2)N1. The average molecular weight is 346 g/mol. The average Bonchev–Trinajstić information content (AvgIpc) is 3.18. The number of nitrogens with zero attached hydrogens (tertiary/aromatic N) is 1. The Balaban J connectivity index is 1.47. The first kappa shape index (κ1) is 15.7. The highest BCUT2D eigenvalue weighted by Crippen LogP contribution is 2.38. The van der Waals surface area contributed by atoms with Gasteiger partial charge < -0.3 is 24.8 Å². The second-order valence-electron chi connectivity index (χ2n) is 6.66. The molecular weight excluding hydrogens is 328 g/mol. The zero-order valence-electron chi connectivity index (χ0n) is 13.5. The number of carbonyl (C=O) groups is 3. The van der Waals surface area contributed by atoms with Gasteiger partial charge >= 0.3 is 5.97 Å². The van der Waals surface area contributed by atoms with E-state index in [9.17, 15) is 19.5 Å². The molecule has 1 spiro atoms. The predicted octanol–water partition coefficient (Wildman–Crippen LogP) is 0.611. The number of hydrogen-bond donors (Lipinski definition) is 2. The highest BCUT2D eigenvalue weighted by Gasteiger charge is 2.52. The van der Waals surface area contributed by atoms with Gasteiger partial charge in [-0.2, -0.15) is 0 Å². The van der Waals surface area contributed by atoms with Crippen LogP contribution in [0.1, 0.15) is 29.6 Å². The van der Waals surface area contributed by atoms with E-state index in [1.165, 1.54) is 0 Å². The number of carboxylic acids is 1. The number of rotatable bonds is 2. The minimum atomic E-state index is -0.964. The Morgan fingerprint density at radius 1 is 1.20 bits per heavy atom. The molecule has 2 saturated heterocycles. The number of likely N-dealkylation sites (tertiary alicyclic amines) is 1. The van der Waals surface area contributed by atoms with Crippen LogP contribution in [-0.2, 0) is 9.59 Å². The van der Waals surface area contributed by atoms with E-state index in [1.807, 2.05) is 0 Å². The van der Waals surface area contributed by atoms with Gasteiger partial charge in [0.15, 0.2) is 11.5 Å². The molecule has 0 aromatic heterocycles. The fourth-order valence-corrected chi connectivity index (χ4v) is 3.91. The van der Waals surface area contributed by atoms with Gasteiger partial charge in [-0.1, -0.05) is 0 Å². The lowest BCUT2D eigenvalue weighted by molar-refractivity contribution is -0.144. The third kappa shape index (κ3) is 2.57. The van der Waals surface area contributed by atoms with Crippen molar-refractivity contribution >= 4 is 17.8 Å². The molecule has 2 amide bonds. The Hall–Kier alpha value is -2.77. The van der Waals surface area contributed by atoms with Gasteiger partial charge in [-0.15, -0.1) is 0 Å². The number of nitrogens with one attached hydrogen (secondary N) is 1. The number of hydrogen-bond acceptors (Lipinski definition) is 5. The van der Waals surface area contributed by atoms with Crippen molar-refractivity contribution in [1.29, 1.82) is 0 Å². The van der Waals surface area contributed by atoms with Crippen molar-refractivity contribution in [2.24, 2.45) is 5.92 Å². The number of benzene rings is 1. The predicted molar refractivity (Wildman–Crippen MR) is 84.3 cm³/mol. The third-order valence-electron chi connectivity index (χ3n) is 5.31. The second-order valence-corrected chi connectivity index (χ2v) is 6.66. The molecule has 132 valence electrons. The van der Waals surface area contributed by atoms with Gasteiger partial charge in [0.2, 0.25) is 12.7 Å². The van der Waals surface area contributed by atoms with Gasteiger partial charge in [0, 0.05) is 25.1 Å². The highest BCUT2D eigenvalue weighted by atomic mass is 16.7. The number of piperidine rings is 1. The van der Waals surface area contributed by atoms with Gasteiger partial charge in [0.1, 0.15) is 0 Å². The number of fused-ring (bicyclic) bond motifs is 1. The Morgan fingerprint density at radius 3 is 2.64 bits per heavy atom. The van der Waals surface area contributed by atoms with E-state index in [1.54, 1.807) is 23.1 Å². The van der Waals surface area contributed by atoms with E-state index < -0.39 is 17.4 Å². The quantitative estimate of drug-likeness (QED) is 0.813. The molecule has 3 aliphatic heterocycles. The normalized spacial score (nSPS) is 23.6. The summed E-state index contributed by atoms with van der Waals surface area (Å²) in [6.07, 6.45) is 0.878. The Kier molecular flexibility index (Phi) is 3.55. The zero-order valence-corrected chi connectivity index (χ0v) is 13.5. The summed E-state index contributed by atoms with van der Waals surface area (Å²) in [6.45, 7) is 0.949. The molecule has 0 bridgehead atoms. The maximum atomic E-state index is 12.7. The summed E-state index contributed by atoms with van der Waals surface area (Å²) in [6, 6.07) is 5.06. The van der Waals surface area contributed by atoms with Crippen LogP contribution in [0.2, 0.25) is 0 Å². The van der Waals surface area contributed by atoms with Crippen LogP contribution in [0, 0.1) is 5.92 Å². The van der Waals surface area contributed by atoms with E-state index in [0.717, 1.165) is 0 Å². The van der Waals surface area contributed by atoms with Crippen LogP contribution in [0.5, 0.6) is 11.5 Å². The van der Waals surface area contributed by atoms with Crippen LogP contribution < -0.4 is 14.8 Å². The molecule has 8 heteroatoms. The van der Waals surface area contributed by atoms with Crippen molar-refractivity contribution in [3.05, 3.63) is 23.8 Å². The van der Waals surface area contributed by atoms with Gasteiger partial charge in [-0.05, 0) is 31.0 Å². The van der Waals surface area contributed by atoms with Gasteiger partial charge in [0.05, 0.1) is 11.5 Å². The van der Waals surface area contributed by atoms with Crippen molar-refractivity contribution in [2.45, 2.75) is 24.8 Å². The van der Waals surface area contributed by atoms with Crippen LogP contribution in [0.3, 0.4) is 0 Å². The molecular formula is C17H18N2O6. The number of carbonyl (C=O) groups excluding carboxylic acids is 2. The molecule has 3 aliphatic rings. The first-order valence-corrected chi connectivity index (χ1v) is 8.21. The van der Waals surface area contributed by atoms with Crippen molar-refractivity contribution in [3.63, 3.8) is 0 Å². The summed E-state index contributed by atoms with van der Waals surface area (Å²) in [7, 11) is 0. The molecule has 0 saturated carbocycles. The molecule has 2 fully saturated rings. The summed E-state index contributed by atoms with van der Waals surface area (Å²) in [4.78, 5) is 37.6. The van der Waals surface area contributed by atoms with E-state index >= 15 is 0 Å². The number of amides is 2. The van der Waals surface area contributed by atoms with E-state index in [2.05, 4.69) is 5.32 Å². The topological polar surface area (TPSA) is 105 Å². The van der Waals surface area contributed by atoms with E-state index in [0.29, 0.717) is 43.0 Å². The molecule has 1 atom stereocenters. The van der Waals surface area contributed by atoms with Crippen molar-refractivity contribution in [1.82, 2.24) is 10.2 Å².